The number of halogens is 4. The summed E-state index contributed by atoms with van der Waals surface area (Å²) >= 11 is 0. The number of nitrogens with zero attached hydrogens (tertiary/aromatic N) is 2. The third-order valence-corrected chi connectivity index (χ3v) is 5.27. The molecule has 1 aliphatic heterocycles. The molecule has 1 aromatic rings. The zero-order chi connectivity index (χ0) is 18.1. The second-order valence-corrected chi connectivity index (χ2v) is 7.61. The van der Waals surface area contributed by atoms with Gasteiger partial charge in [0.15, 0.2) is 0 Å². The number of β-amino-alcohol motifs (C(OH)–C–C–N with tert-alkyl or cyclic N) is 1. The second-order valence-electron chi connectivity index (χ2n) is 5.70. The molecule has 1 aromatic carbocycles. The number of hydrogen-bond donors (Lipinski definition) is 1. The van der Waals surface area contributed by atoms with E-state index in [2.05, 4.69) is 0 Å². The maximum Gasteiger partial charge on any atom is 0.501 e. The molecule has 0 amide bonds. The minimum atomic E-state index is -5.65. The smallest absolute Gasteiger partial charge is 0.392 e. The van der Waals surface area contributed by atoms with Crippen LogP contribution in [0.3, 0.4) is 0 Å². The summed E-state index contributed by atoms with van der Waals surface area (Å²) in [7, 11) is -5.65. The van der Waals surface area contributed by atoms with Crippen molar-refractivity contribution in [3.05, 3.63) is 24.0 Å². The monoisotopic (exact) mass is 370 g/mol. The summed E-state index contributed by atoms with van der Waals surface area (Å²) in [6.07, 6.45) is -0.538. The van der Waals surface area contributed by atoms with E-state index in [0.29, 0.717) is 25.7 Å². The normalized spacial score (nSPS) is 18.7. The van der Waals surface area contributed by atoms with Crippen LogP contribution in [0.5, 0.6) is 0 Å². The molecule has 0 aromatic heterocycles. The van der Waals surface area contributed by atoms with Gasteiger partial charge in [-0.25, -0.2) is 12.8 Å². The van der Waals surface area contributed by atoms with E-state index in [0.717, 1.165) is 12.1 Å². The molecule has 0 saturated carbocycles. The Hall–Kier alpha value is -1.39. The molecule has 5 nitrogen and oxygen atoms in total. The van der Waals surface area contributed by atoms with E-state index < -0.39 is 32.2 Å². The predicted molar refractivity (Wildman–Crippen MR) is 80.0 cm³/mol. The molecule has 1 heterocycles. The molecule has 0 spiro atoms. The first-order valence-electron chi connectivity index (χ1n) is 7.28. The fourth-order valence-corrected chi connectivity index (χ4v) is 3.62. The van der Waals surface area contributed by atoms with Gasteiger partial charge in [-0.05, 0) is 25.1 Å². The van der Waals surface area contributed by atoms with Crippen LogP contribution in [-0.4, -0.2) is 62.8 Å². The van der Waals surface area contributed by atoms with E-state index in [1.54, 1.807) is 6.92 Å². The standard InChI is InChI=1S/C14H18F4N2O3S/c1-10(21)9-19-4-6-20(7-5-19)12-3-2-11(15)8-13(12)24(22,23)14(16,17)18/h2-3,8,10,21H,4-7,9H2,1H3/t10-/m1/s1. The van der Waals surface area contributed by atoms with E-state index in [4.69, 9.17) is 0 Å². The molecule has 0 aliphatic carbocycles. The molecule has 24 heavy (non-hydrogen) atoms. The van der Waals surface area contributed by atoms with Crippen molar-refractivity contribution in [1.29, 1.82) is 0 Å². The maximum atomic E-state index is 13.4. The molecule has 1 saturated heterocycles. The largest absolute Gasteiger partial charge is 0.501 e. The van der Waals surface area contributed by atoms with Crippen molar-refractivity contribution in [2.24, 2.45) is 0 Å². The Kier molecular flexibility index (Phi) is 5.41. The van der Waals surface area contributed by atoms with E-state index >= 15 is 0 Å². The van der Waals surface area contributed by atoms with Gasteiger partial charge in [0.05, 0.1) is 11.8 Å². The minimum Gasteiger partial charge on any atom is -0.392 e. The quantitative estimate of drug-likeness (QED) is 0.817. The number of alkyl halides is 3. The average molecular weight is 370 g/mol. The molecule has 1 atom stereocenters. The van der Waals surface area contributed by atoms with Crippen molar-refractivity contribution in [2.45, 2.75) is 23.4 Å². The van der Waals surface area contributed by atoms with Crippen LogP contribution < -0.4 is 4.90 Å². The van der Waals surface area contributed by atoms with Gasteiger partial charge < -0.3 is 10.0 Å². The Bertz CT molecular complexity index is 684. The summed E-state index contributed by atoms with van der Waals surface area (Å²) in [5, 5.41) is 9.36. The van der Waals surface area contributed by atoms with Crippen molar-refractivity contribution in [2.75, 3.05) is 37.6 Å². The second kappa shape index (κ2) is 6.85. The van der Waals surface area contributed by atoms with Gasteiger partial charge in [0.2, 0.25) is 0 Å². The van der Waals surface area contributed by atoms with Gasteiger partial charge in [-0.1, -0.05) is 0 Å². The van der Waals surface area contributed by atoms with Gasteiger partial charge >= 0.3 is 5.51 Å². The number of benzene rings is 1. The van der Waals surface area contributed by atoms with Gasteiger partial charge in [0.1, 0.15) is 10.7 Å². The Morgan fingerprint density at radius 2 is 1.79 bits per heavy atom. The number of aliphatic hydroxyl groups excluding tert-OH is 1. The molecule has 0 unspecified atom stereocenters. The van der Waals surface area contributed by atoms with E-state index in [1.807, 2.05) is 4.90 Å². The lowest BCUT2D eigenvalue weighted by Gasteiger charge is -2.37. The number of piperazine rings is 1. The molecule has 2 rings (SSSR count). The first-order valence-corrected chi connectivity index (χ1v) is 8.77. The lowest BCUT2D eigenvalue weighted by molar-refractivity contribution is -0.0435. The van der Waals surface area contributed by atoms with Crippen molar-refractivity contribution >= 4 is 15.5 Å². The van der Waals surface area contributed by atoms with Crippen molar-refractivity contribution < 1.29 is 31.1 Å². The van der Waals surface area contributed by atoms with Crippen LogP contribution >= 0.6 is 0 Å². The number of rotatable bonds is 4. The number of hydrogen-bond acceptors (Lipinski definition) is 5. The summed E-state index contributed by atoms with van der Waals surface area (Å²) in [6, 6.07) is 2.39. The third kappa shape index (κ3) is 3.98. The molecular formula is C14H18F4N2O3S. The van der Waals surface area contributed by atoms with Crippen molar-refractivity contribution in [1.82, 2.24) is 4.90 Å². The summed E-state index contributed by atoms with van der Waals surface area (Å²) in [6.45, 7) is 3.50. The number of sulfone groups is 1. The summed E-state index contributed by atoms with van der Waals surface area (Å²) < 4.78 is 75.3. The van der Waals surface area contributed by atoms with Crippen LogP contribution in [-0.2, 0) is 9.84 Å². The Balaban J connectivity index is 2.30. The predicted octanol–water partition coefficient (Wildman–Crippen LogP) is 1.62. The van der Waals surface area contributed by atoms with Gasteiger partial charge in [0, 0.05) is 32.7 Å². The zero-order valence-electron chi connectivity index (χ0n) is 12.9. The molecule has 1 fully saturated rings. The highest BCUT2D eigenvalue weighted by atomic mass is 32.2. The SMILES string of the molecule is C[C@@H](O)CN1CCN(c2ccc(F)cc2S(=O)(=O)C(F)(F)F)CC1. The molecule has 1 aliphatic rings. The van der Waals surface area contributed by atoms with Crippen LogP contribution in [0.1, 0.15) is 6.92 Å². The minimum absolute atomic E-state index is 0.162. The molecule has 0 bridgehead atoms. The average Bonchev–Trinajstić information content (AvgIpc) is 2.46. The topological polar surface area (TPSA) is 60.9 Å². The van der Waals surface area contributed by atoms with Gasteiger partial charge in [0.25, 0.3) is 9.84 Å². The summed E-state index contributed by atoms with van der Waals surface area (Å²) in [5.74, 6) is -1.05. The Morgan fingerprint density at radius 1 is 1.21 bits per heavy atom. The van der Waals surface area contributed by atoms with Gasteiger partial charge in [-0.15, -0.1) is 0 Å². The lowest BCUT2D eigenvalue weighted by Crippen LogP contribution is -2.48. The maximum absolute atomic E-state index is 13.4. The molecule has 136 valence electrons. The first kappa shape index (κ1) is 18.9. The van der Waals surface area contributed by atoms with Crippen LogP contribution in [0.2, 0.25) is 0 Å². The van der Waals surface area contributed by atoms with Crippen LogP contribution in [0.4, 0.5) is 23.2 Å². The highest BCUT2D eigenvalue weighted by Gasteiger charge is 2.48. The van der Waals surface area contributed by atoms with Crippen LogP contribution in [0.25, 0.3) is 0 Å². The molecule has 10 heteroatoms. The van der Waals surface area contributed by atoms with Crippen molar-refractivity contribution in [3.63, 3.8) is 0 Å². The molecular weight excluding hydrogens is 352 g/mol. The van der Waals surface area contributed by atoms with Gasteiger partial charge in [-0.2, -0.15) is 13.2 Å². The molecule has 0 radical (unpaired) electrons. The molecule has 1 N–H and O–H groups in total. The summed E-state index contributed by atoms with van der Waals surface area (Å²) in [5.41, 5.74) is -5.66. The highest BCUT2D eigenvalue weighted by Crippen LogP contribution is 2.36. The first-order chi connectivity index (χ1) is 11.0. The fraction of sp³-hybridized carbons (Fsp3) is 0.571. The summed E-state index contributed by atoms with van der Waals surface area (Å²) in [4.78, 5) is 2.33. The highest BCUT2D eigenvalue weighted by molar-refractivity contribution is 7.92. The Labute approximate surface area is 137 Å². The van der Waals surface area contributed by atoms with Crippen LogP contribution in [0, 0.1) is 5.82 Å². The van der Waals surface area contributed by atoms with Gasteiger partial charge in [-0.3, -0.25) is 4.90 Å². The number of anilines is 1. The zero-order valence-corrected chi connectivity index (χ0v) is 13.7. The lowest BCUT2D eigenvalue weighted by atomic mass is 10.2. The Morgan fingerprint density at radius 3 is 2.29 bits per heavy atom. The third-order valence-electron chi connectivity index (χ3n) is 3.75. The van der Waals surface area contributed by atoms with E-state index in [1.165, 1.54) is 4.90 Å². The van der Waals surface area contributed by atoms with Crippen molar-refractivity contribution in [3.8, 4) is 0 Å². The fourth-order valence-electron chi connectivity index (χ4n) is 2.63. The number of aliphatic hydroxyl groups is 1. The van der Waals surface area contributed by atoms with E-state index in [-0.39, 0.29) is 18.8 Å². The van der Waals surface area contributed by atoms with E-state index in [9.17, 15) is 31.1 Å². The van der Waals surface area contributed by atoms with Crippen LogP contribution in [0.15, 0.2) is 23.1 Å².